The monoisotopic (exact) mass is 250 g/mol. The summed E-state index contributed by atoms with van der Waals surface area (Å²) < 4.78 is 5.31. The molecule has 5 nitrogen and oxygen atoms in total. The minimum atomic E-state index is -0.253. The Labute approximate surface area is 106 Å². The first-order valence-electron chi connectivity index (χ1n) is 5.76. The number of rotatable bonds is 6. The molecule has 0 aliphatic heterocycles. The molecule has 1 aromatic carbocycles. The summed E-state index contributed by atoms with van der Waals surface area (Å²) in [6.45, 7) is 2.62. The van der Waals surface area contributed by atoms with Crippen molar-refractivity contribution < 1.29 is 14.6 Å². The number of amides is 1. The minimum absolute atomic E-state index is 0.0738. The molecule has 1 rings (SSSR count). The second-order valence-electron chi connectivity index (χ2n) is 3.58. The second-order valence-corrected chi connectivity index (χ2v) is 3.58. The standard InChI is InChI=1S/C13H18N2O3/c1-2-18-12-5-3-10(9-11(12)14)4-6-13(17)15-7-8-16/h3-6,9,16H,2,7-8,14H2,1H3,(H,15,17)/b6-4-. The molecule has 0 aromatic heterocycles. The molecule has 98 valence electrons. The lowest BCUT2D eigenvalue weighted by Crippen LogP contribution is -2.24. The number of carbonyl (C=O) groups excluding carboxylic acids is 1. The maximum absolute atomic E-state index is 11.3. The van der Waals surface area contributed by atoms with Crippen molar-refractivity contribution in [3.8, 4) is 5.75 Å². The molecular formula is C13H18N2O3. The van der Waals surface area contributed by atoms with E-state index in [1.165, 1.54) is 6.08 Å². The number of nitrogen functional groups attached to an aromatic ring is 1. The van der Waals surface area contributed by atoms with Gasteiger partial charge >= 0.3 is 0 Å². The van der Waals surface area contributed by atoms with Gasteiger partial charge in [0.1, 0.15) is 5.75 Å². The summed E-state index contributed by atoms with van der Waals surface area (Å²) in [7, 11) is 0. The normalized spacial score (nSPS) is 10.6. The number of carbonyl (C=O) groups is 1. The lowest BCUT2D eigenvalue weighted by molar-refractivity contribution is -0.116. The molecule has 0 atom stereocenters. The molecule has 0 bridgehead atoms. The van der Waals surface area contributed by atoms with Crippen LogP contribution in [0.15, 0.2) is 24.3 Å². The van der Waals surface area contributed by atoms with Crippen molar-refractivity contribution in [2.24, 2.45) is 0 Å². The molecule has 5 heteroatoms. The fourth-order valence-corrected chi connectivity index (χ4v) is 1.37. The Morgan fingerprint density at radius 1 is 1.56 bits per heavy atom. The van der Waals surface area contributed by atoms with Gasteiger partial charge in [0.2, 0.25) is 5.91 Å². The van der Waals surface area contributed by atoms with Crippen LogP contribution in [0, 0.1) is 0 Å². The van der Waals surface area contributed by atoms with Crippen molar-refractivity contribution in [3.05, 3.63) is 29.8 Å². The minimum Gasteiger partial charge on any atom is -0.492 e. The molecule has 0 aliphatic carbocycles. The van der Waals surface area contributed by atoms with E-state index in [1.807, 2.05) is 13.0 Å². The van der Waals surface area contributed by atoms with E-state index < -0.39 is 0 Å². The molecular weight excluding hydrogens is 232 g/mol. The number of benzene rings is 1. The van der Waals surface area contributed by atoms with Gasteiger partial charge in [-0.25, -0.2) is 0 Å². The molecule has 1 amide bonds. The number of nitrogens with one attached hydrogen (secondary N) is 1. The van der Waals surface area contributed by atoms with Crippen LogP contribution in [0.2, 0.25) is 0 Å². The van der Waals surface area contributed by atoms with Crippen molar-refractivity contribution in [2.45, 2.75) is 6.92 Å². The number of ether oxygens (including phenoxy) is 1. The highest BCUT2D eigenvalue weighted by Gasteiger charge is 2.00. The highest BCUT2D eigenvalue weighted by Crippen LogP contribution is 2.22. The smallest absolute Gasteiger partial charge is 0.244 e. The van der Waals surface area contributed by atoms with E-state index in [2.05, 4.69) is 5.32 Å². The molecule has 0 unspecified atom stereocenters. The third-order valence-electron chi connectivity index (χ3n) is 2.17. The third kappa shape index (κ3) is 4.47. The van der Waals surface area contributed by atoms with E-state index in [1.54, 1.807) is 18.2 Å². The maximum atomic E-state index is 11.3. The molecule has 1 aromatic rings. The summed E-state index contributed by atoms with van der Waals surface area (Å²) >= 11 is 0. The van der Waals surface area contributed by atoms with Gasteiger partial charge in [0.05, 0.1) is 18.9 Å². The summed E-state index contributed by atoms with van der Waals surface area (Å²) in [5, 5.41) is 11.1. The van der Waals surface area contributed by atoms with E-state index in [4.69, 9.17) is 15.6 Å². The zero-order chi connectivity index (χ0) is 13.4. The van der Waals surface area contributed by atoms with Crippen LogP contribution >= 0.6 is 0 Å². The molecule has 0 fully saturated rings. The number of hydrogen-bond acceptors (Lipinski definition) is 4. The number of anilines is 1. The van der Waals surface area contributed by atoms with E-state index in [-0.39, 0.29) is 19.1 Å². The van der Waals surface area contributed by atoms with Gasteiger partial charge in [-0.3, -0.25) is 4.79 Å². The zero-order valence-corrected chi connectivity index (χ0v) is 10.3. The van der Waals surface area contributed by atoms with E-state index in [0.29, 0.717) is 18.0 Å². The van der Waals surface area contributed by atoms with Gasteiger partial charge in [0.25, 0.3) is 0 Å². The van der Waals surface area contributed by atoms with Crippen molar-refractivity contribution >= 4 is 17.7 Å². The molecule has 0 saturated heterocycles. The summed E-state index contributed by atoms with van der Waals surface area (Å²) in [5.41, 5.74) is 7.15. The fourth-order valence-electron chi connectivity index (χ4n) is 1.37. The Hall–Kier alpha value is -2.01. The molecule has 0 heterocycles. The number of aliphatic hydroxyl groups is 1. The molecule has 0 saturated carbocycles. The van der Waals surface area contributed by atoms with E-state index in [0.717, 1.165) is 5.56 Å². The Morgan fingerprint density at radius 3 is 2.94 bits per heavy atom. The second kappa shape index (κ2) is 7.34. The Balaban J connectivity index is 2.65. The average molecular weight is 250 g/mol. The van der Waals surface area contributed by atoms with Crippen LogP contribution in [0.5, 0.6) is 5.75 Å². The number of aliphatic hydroxyl groups excluding tert-OH is 1. The summed E-state index contributed by atoms with van der Waals surface area (Å²) in [6, 6.07) is 5.32. The fraction of sp³-hybridized carbons (Fsp3) is 0.308. The van der Waals surface area contributed by atoms with Gasteiger partial charge in [-0.1, -0.05) is 6.07 Å². The van der Waals surface area contributed by atoms with Crippen molar-refractivity contribution in [3.63, 3.8) is 0 Å². The third-order valence-corrected chi connectivity index (χ3v) is 2.17. The molecule has 0 radical (unpaired) electrons. The zero-order valence-electron chi connectivity index (χ0n) is 10.3. The van der Waals surface area contributed by atoms with Gasteiger partial charge in [-0.15, -0.1) is 0 Å². The summed E-state index contributed by atoms with van der Waals surface area (Å²) in [6.07, 6.45) is 3.05. The van der Waals surface area contributed by atoms with Gasteiger partial charge in [-0.2, -0.15) is 0 Å². The van der Waals surface area contributed by atoms with Crippen LogP contribution < -0.4 is 15.8 Å². The maximum Gasteiger partial charge on any atom is 0.244 e. The quantitative estimate of drug-likeness (QED) is 0.515. The van der Waals surface area contributed by atoms with Crippen molar-refractivity contribution in [2.75, 3.05) is 25.5 Å². The highest BCUT2D eigenvalue weighted by molar-refractivity contribution is 5.91. The lowest BCUT2D eigenvalue weighted by Gasteiger charge is -2.06. The highest BCUT2D eigenvalue weighted by atomic mass is 16.5. The predicted octanol–water partition coefficient (Wildman–Crippen LogP) is 0.789. The molecule has 18 heavy (non-hydrogen) atoms. The van der Waals surface area contributed by atoms with Crippen LogP contribution in [0.4, 0.5) is 5.69 Å². The molecule has 4 N–H and O–H groups in total. The largest absolute Gasteiger partial charge is 0.492 e. The first-order valence-corrected chi connectivity index (χ1v) is 5.76. The van der Waals surface area contributed by atoms with Crippen LogP contribution in [-0.4, -0.2) is 30.8 Å². The Kier molecular flexibility index (Phi) is 5.73. The average Bonchev–Trinajstić information content (AvgIpc) is 2.37. The van der Waals surface area contributed by atoms with Crippen LogP contribution in [0.25, 0.3) is 6.08 Å². The number of nitrogens with two attached hydrogens (primary N) is 1. The van der Waals surface area contributed by atoms with Gasteiger partial charge in [0.15, 0.2) is 0 Å². The lowest BCUT2D eigenvalue weighted by atomic mass is 10.1. The van der Waals surface area contributed by atoms with Gasteiger partial charge in [-0.05, 0) is 30.7 Å². The van der Waals surface area contributed by atoms with Crippen LogP contribution in [-0.2, 0) is 4.79 Å². The Morgan fingerprint density at radius 2 is 2.33 bits per heavy atom. The van der Waals surface area contributed by atoms with Crippen LogP contribution in [0.3, 0.4) is 0 Å². The predicted molar refractivity (Wildman–Crippen MR) is 71.2 cm³/mol. The number of hydrogen-bond donors (Lipinski definition) is 3. The van der Waals surface area contributed by atoms with Crippen LogP contribution in [0.1, 0.15) is 12.5 Å². The molecule has 0 spiro atoms. The van der Waals surface area contributed by atoms with E-state index in [9.17, 15) is 4.79 Å². The molecule has 0 aliphatic rings. The SMILES string of the molecule is CCOc1ccc(/C=C\C(=O)NCCO)cc1N. The van der Waals surface area contributed by atoms with Crippen molar-refractivity contribution in [1.29, 1.82) is 0 Å². The Bertz CT molecular complexity index is 430. The van der Waals surface area contributed by atoms with E-state index >= 15 is 0 Å². The summed E-state index contributed by atoms with van der Waals surface area (Å²) in [5.74, 6) is 0.385. The topological polar surface area (TPSA) is 84.6 Å². The summed E-state index contributed by atoms with van der Waals surface area (Å²) in [4.78, 5) is 11.3. The first-order chi connectivity index (χ1) is 8.67. The first kappa shape index (κ1) is 14.1. The van der Waals surface area contributed by atoms with Gasteiger partial charge in [0, 0.05) is 12.6 Å². The van der Waals surface area contributed by atoms with Gasteiger partial charge < -0.3 is 20.9 Å². The van der Waals surface area contributed by atoms with Crippen molar-refractivity contribution in [1.82, 2.24) is 5.32 Å².